The number of hydrogen-bond acceptors (Lipinski definition) is 6. The molecule has 0 aliphatic rings. The van der Waals surface area contributed by atoms with Gasteiger partial charge in [0.2, 0.25) is 0 Å². The predicted molar refractivity (Wildman–Crippen MR) is 224 cm³/mol. The molecule has 300 valence electrons. The molecule has 0 N–H and O–H groups in total. The molecular formula is C47H76O6. The minimum Gasteiger partial charge on any atom is -0.462 e. The molecule has 0 amide bonds. The first-order chi connectivity index (χ1) is 26.0. The van der Waals surface area contributed by atoms with E-state index < -0.39 is 6.10 Å². The van der Waals surface area contributed by atoms with Gasteiger partial charge in [0.25, 0.3) is 0 Å². The van der Waals surface area contributed by atoms with Crippen molar-refractivity contribution in [2.45, 2.75) is 181 Å². The highest BCUT2D eigenvalue weighted by Crippen LogP contribution is 2.13. The molecule has 53 heavy (non-hydrogen) atoms. The van der Waals surface area contributed by atoms with Crippen LogP contribution in [0.1, 0.15) is 175 Å². The monoisotopic (exact) mass is 737 g/mol. The Kier molecular flexibility index (Phi) is 38.7. The summed E-state index contributed by atoms with van der Waals surface area (Å²) < 4.78 is 16.6. The number of carbonyl (C=O) groups excluding carboxylic acids is 3. The second-order valence-electron chi connectivity index (χ2n) is 13.6. The van der Waals surface area contributed by atoms with Crippen LogP contribution in [-0.2, 0) is 28.6 Å². The van der Waals surface area contributed by atoms with Crippen LogP contribution >= 0.6 is 0 Å². The van der Waals surface area contributed by atoms with Gasteiger partial charge in [-0.1, -0.05) is 183 Å². The van der Waals surface area contributed by atoms with E-state index in [4.69, 9.17) is 14.2 Å². The molecule has 0 bridgehead atoms. The van der Waals surface area contributed by atoms with Crippen LogP contribution in [0.2, 0.25) is 0 Å². The maximum absolute atomic E-state index is 12.7. The Hall–Kier alpha value is -3.41. The van der Waals surface area contributed by atoms with Crippen molar-refractivity contribution in [3.63, 3.8) is 0 Å². The first-order valence-electron chi connectivity index (χ1n) is 21.2. The fourth-order valence-electron chi connectivity index (χ4n) is 5.39. The highest BCUT2D eigenvalue weighted by Gasteiger charge is 2.19. The molecule has 6 heteroatoms. The van der Waals surface area contributed by atoms with Gasteiger partial charge in [0.1, 0.15) is 13.2 Å². The Labute approximate surface area is 325 Å². The second kappa shape index (κ2) is 41.3. The Bertz CT molecular complexity index is 1080. The number of unbranched alkanes of at least 4 members (excludes halogenated alkanes) is 16. The third-order valence-electron chi connectivity index (χ3n) is 8.55. The Balaban J connectivity index is 4.50. The molecule has 0 aromatic rings. The van der Waals surface area contributed by atoms with E-state index in [1.54, 1.807) is 0 Å². The molecule has 0 fully saturated rings. The third-order valence-corrected chi connectivity index (χ3v) is 8.55. The van der Waals surface area contributed by atoms with Crippen molar-refractivity contribution < 1.29 is 28.6 Å². The average molecular weight is 737 g/mol. The normalized spacial score (nSPS) is 12.9. The zero-order chi connectivity index (χ0) is 38.7. The summed E-state index contributed by atoms with van der Waals surface area (Å²) >= 11 is 0. The van der Waals surface area contributed by atoms with Crippen LogP contribution in [0.15, 0.2) is 85.1 Å². The molecule has 0 rings (SSSR count). The molecule has 0 spiro atoms. The molecule has 0 aromatic heterocycles. The van der Waals surface area contributed by atoms with Crippen LogP contribution < -0.4 is 0 Å². The first-order valence-corrected chi connectivity index (χ1v) is 21.2. The van der Waals surface area contributed by atoms with Crippen molar-refractivity contribution in [1.82, 2.24) is 0 Å². The van der Waals surface area contributed by atoms with E-state index in [-0.39, 0.29) is 31.1 Å². The van der Waals surface area contributed by atoms with Crippen molar-refractivity contribution in [3.8, 4) is 0 Å². The van der Waals surface area contributed by atoms with Gasteiger partial charge in [0, 0.05) is 19.3 Å². The minimum atomic E-state index is -0.799. The highest BCUT2D eigenvalue weighted by molar-refractivity contribution is 5.71. The number of carbonyl (C=O) groups is 3. The van der Waals surface area contributed by atoms with Gasteiger partial charge in [-0.15, -0.1) is 0 Å². The van der Waals surface area contributed by atoms with E-state index in [9.17, 15) is 14.4 Å². The number of esters is 3. The molecule has 1 atom stereocenters. The van der Waals surface area contributed by atoms with Crippen molar-refractivity contribution in [3.05, 3.63) is 85.1 Å². The fraction of sp³-hybridized carbons (Fsp3) is 0.638. The minimum absolute atomic E-state index is 0.0983. The van der Waals surface area contributed by atoms with E-state index in [1.165, 1.54) is 38.5 Å². The summed E-state index contributed by atoms with van der Waals surface area (Å²) in [6.45, 7) is 6.25. The van der Waals surface area contributed by atoms with E-state index in [2.05, 4.69) is 63.3 Å². The van der Waals surface area contributed by atoms with Crippen molar-refractivity contribution in [2.24, 2.45) is 0 Å². The average Bonchev–Trinajstić information content (AvgIpc) is 3.15. The van der Waals surface area contributed by atoms with E-state index in [0.717, 1.165) is 96.3 Å². The van der Waals surface area contributed by atoms with E-state index in [1.807, 2.05) is 42.5 Å². The van der Waals surface area contributed by atoms with Gasteiger partial charge < -0.3 is 14.2 Å². The first kappa shape index (κ1) is 49.6. The summed E-state index contributed by atoms with van der Waals surface area (Å²) in [5.74, 6) is -0.974. The second-order valence-corrected chi connectivity index (χ2v) is 13.6. The summed E-state index contributed by atoms with van der Waals surface area (Å²) in [5, 5.41) is 0. The molecule has 0 heterocycles. The van der Waals surface area contributed by atoms with Gasteiger partial charge in [-0.3, -0.25) is 14.4 Å². The molecule has 6 nitrogen and oxygen atoms in total. The SMILES string of the molecule is CC\C=C/C=C\C=C/C=C\CCCCCC(=O)OCC(COC(=O)CCCCCCCCCCC)OC(=O)CCCCCCC\C=C/C=C\C=C/CC. The number of hydrogen-bond donors (Lipinski definition) is 0. The summed E-state index contributed by atoms with van der Waals surface area (Å²) in [6, 6.07) is 0. The standard InChI is InChI=1S/C47H76O6/c1-4-7-10-13-16-19-21-23-25-28-31-34-37-40-46(49)52-43-44(42-51-45(48)39-36-33-30-27-18-15-12-9-6-3)53-47(50)41-38-35-32-29-26-24-22-20-17-14-11-8-5-2/h7-8,10-11,13-14,16-17,19-23,25,44H,4-6,9,12,15,18,24,26-43H2,1-3H3/b10-7-,11-8-,16-13-,17-14-,21-19-,22-20-,25-23-. The lowest BCUT2D eigenvalue weighted by atomic mass is 10.1. The van der Waals surface area contributed by atoms with Gasteiger partial charge in [-0.2, -0.15) is 0 Å². The molecular weight excluding hydrogens is 661 g/mol. The van der Waals surface area contributed by atoms with Gasteiger partial charge in [-0.05, 0) is 57.8 Å². The molecule has 0 aromatic carbocycles. The molecule has 0 aliphatic carbocycles. The van der Waals surface area contributed by atoms with Gasteiger partial charge in [0.15, 0.2) is 6.10 Å². The molecule has 0 aliphatic heterocycles. The van der Waals surface area contributed by atoms with Crippen molar-refractivity contribution >= 4 is 17.9 Å². The van der Waals surface area contributed by atoms with Crippen molar-refractivity contribution in [1.29, 1.82) is 0 Å². The topological polar surface area (TPSA) is 78.9 Å². The number of ether oxygens (including phenoxy) is 3. The lowest BCUT2D eigenvalue weighted by Crippen LogP contribution is -2.30. The zero-order valence-electron chi connectivity index (χ0n) is 34.0. The van der Waals surface area contributed by atoms with Crippen LogP contribution in [0.5, 0.6) is 0 Å². The summed E-state index contributed by atoms with van der Waals surface area (Å²) in [6.07, 6.45) is 51.4. The Morgan fingerprint density at radius 1 is 0.396 bits per heavy atom. The quantitative estimate of drug-likeness (QED) is 0.0276. The smallest absolute Gasteiger partial charge is 0.306 e. The maximum Gasteiger partial charge on any atom is 0.306 e. The van der Waals surface area contributed by atoms with Crippen LogP contribution in [0.25, 0.3) is 0 Å². The Morgan fingerprint density at radius 2 is 0.736 bits per heavy atom. The van der Waals surface area contributed by atoms with Crippen LogP contribution in [-0.4, -0.2) is 37.2 Å². The lowest BCUT2D eigenvalue weighted by Gasteiger charge is -2.18. The van der Waals surface area contributed by atoms with Gasteiger partial charge in [0.05, 0.1) is 0 Å². The maximum atomic E-state index is 12.7. The summed E-state index contributed by atoms with van der Waals surface area (Å²) in [7, 11) is 0. The summed E-state index contributed by atoms with van der Waals surface area (Å²) in [5.41, 5.74) is 0. The predicted octanol–water partition coefficient (Wildman–Crippen LogP) is 13.3. The van der Waals surface area contributed by atoms with E-state index >= 15 is 0 Å². The van der Waals surface area contributed by atoms with Crippen LogP contribution in [0, 0.1) is 0 Å². The van der Waals surface area contributed by atoms with Crippen LogP contribution in [0.3, 0.4) is 0 Å². The molecule has 0 saturated heterocycles. The fourth-order valence-corrected chi connectivity index (χ4v) is 5.39. The van der Waals surface area contributed by atoms with E-state index in [0.29, 0.717) is 19.3 Å². The Morgan fingerprint density at radius 3 is 1.17 bits per heavy atom. The third kappa shape index (κ3) is 39.6. The zero-order valence-corrected chi connectivity index (χ0v) is 34.0. The number of rotatable bonds is 36. The lowest BCUT2D eigenvalue weighted by molar-refractivity contribution is -0.167. The molecule has 1 unspecified atom stereocenters. The van der Waals surface area contributed by atoms with Gasteiger partial charge >= 0.3 is 17.9 Å². The van der Waals surface area contributed by atoms with Crippen LogP contribution in [0.4, 0.5) is 0 Å². The highest BCUT2D eigenvalue weighted by atomic mass is 16.6. The van der Waals surface area contributed by atoms with Gasteiger partial charge in [-0.25, -0.2) is 0 Å². The molecule has 0 radical (unpaired) electrons. The largest absolute Gasteiger partial charge is 0.462 e. The summed E-state index contributed by atoms with van der Waals surface area (Å²) in [4.78, 5) is 37.6. The molecule has 0 saturated carbocycles. The van der Waals surface area contributed by atoms with Crippen molar-refractivity contribution in [2.75, 3.05) is 13.2 Å². The number of allylic oxidation sites excluding steroid dienone is 14.